The Hall–Kier alpha value is -0.700. The fourth-order valence-electron chi connectivity index (χ4n) is 2.57. The van der Waals surface area contributed by atoms with Crippen molar-refractivity contribution in [1.82, 2.24) is 10.2 Å². The first-order valence-corrected chi connectivity index (χ1v) is 6.85. The van der Waals surface area contributed by atoms with Gasteiger partial charge in [0, 0.05) is 32.2 Å². The Balaban J connectivity index is 0.00000264. The van der Waals surface area contributed by atoms with Crippen molar-refractivity contribution < 1.29 is 26.3 Å². The Labute approximate surface area is 148 Å². The van der Waals surface area contributed by atoms with E-state index < -0.39 is 30.4 Å². The van der Waals surface area contributed by atoms with Gasteiger partial charge in [0.1, 0.15) is 0 Å². The van der Waals surface area contributed by atoms with Crippen LogP contribution in [0, 0.1) is 0 Å². The van der Waals surface area contributed by atoms with E-state index in [-0.39, 0.29) is 30.4 Å². The van der Waals surface area contributed by atoms with E-state index in [1.165, 1.54) is 0 Å². The lowest BCUT2D eigenvalue weighted by Crippen LogP contribution is -2.46. The molecule has 0 amide bonds. The molecule has 10 heteroatoms. The molecule has 0 bridgehead atoms. The second kappa shape index (κ2) is 9.12. The molecule has 0 saturated carbocycles. The van der Waals surface area contributed by atoms with Crippen LogP contribution < -0.4 is 5.32 Å². The maximum absolute atomic E-state index is 12.8. The van der Waals surface area contributed by atoms with Crippen molar-refractivity contribution >= 4 is 24.8 Å². The van der Waals surface area contributed by atoms with Crippen LogP contribution in [0.2, 0.25) is 0 Å². The molecule has 1 heterocycles. The molecule has 0 unspecified atom stereocenters. The summed E-state index contributed by atoms with van der Waals surface area (Å²) in [6, 6.07) is 2.99. The lowest BCUT2D eigenvalue weighted by Gasteiger charge is -2.35. The molecule has 140 valence electrons. The Morgan fingerprint density at radius 1 is 0.917 bits per heavy atom. The van der Waals surface area contributed by atoms with E-state index in [1.807, 2.05) is 0 Å². The van der Waals surface area contributed by atoms with E-state index in [9.17, 15) is 26.3 Å². The minimum Gasteiger partial charge on any atom is -0.314 e. The lowest BCUT2D eigenvalue weighted by atomic mass is 9.99. The van der Waals surface area contributed by atoms with Crippen molar-refractivity contribution in [1.29, 1.82) is 0 Å². The summed E-state index contributed by atoms with van der Waals surface area (Å²) in [4.78, 5) is 1.66. The minimum absolute atomic E-state index is 0. The molecule has 1 N–H and O–H groups in total. The van der Waals surface area contributed by atoms with E-state index in [0.29, 0.717) is 26.2 Å². The van der Waals surface area contributed by atoms with E-state index >= 15 is 0 Å². The van der Waals surface area contributed by atoms with Gasteiger partial charge in [-0.05, 0) is 17.7 Å². The molecule has 2 nitrogen and oxygen atoms in total. The summed E-state index contributed by atoms with van der Waals surface area (Å²) < 4.78 is 76.0. The molecule has 0 spiro atoms. The van der Waals surface area contributed by atoms with Crippen LogP contribution in [0.1, 0.15) is 23.6 Å². The van der Waals surface area contributed by atoms with E-state index in [2.05, 4.69) is 5.32 Å². The third kappa shape index (κ3) is 6.66. The summed E-state index contributed by atoms with van der Waals surface area (Å²) in [6.45, 7) is 1.99. The monoisotopic (exact) mass is 398 g/mol. The van der Waals surface area contributed by atoms with Crippen molar-refractivity contribution in [3.63, 3.8) is 0 Å². The highest BCUT2D eigenvalue weighted by Gasteiger charge is 2.36. The highest BCUT2D eigenvalue weighted by atomic mass is 35.5. The Morgan fingerprint density at radius 2 is 1.42 bits per heavy atom. The summed E-state index contributed by atoms with van der Waals surface area (Å²) in [7, 11) is 0. The molecule has 1 aliphatic heterocycles. The van der Waals surface area contributed by atoms with E-state index in [1.54, 1.807) is 4.90 Å². The molecule has 24 heavy (non-hydrogen) atoms. The fraction of sp³-hybridized carbons (Fsp3) is 0.571. The van der Waals surface area contributed by atoms with Crippen LogP contribution in [0.15, 0.2) is 24.3 Å². The molecule has 1 aromatic carbocycles. The molecule has 1 aromatic rings. The largest absolute Gasteiger partial charge is 0.416 e. The fourth-order valence-corrected chi connectivity index (χ4v) is 2.57. The van der Waals surface area contributed by atoms with E-state index in [4.69, 9.17) is 0 Å². The van der Waals surface area contributed by atoms with Gasteiger partial charge in [0.25, 0.3) is 0 Å². The molecule has 2 rings (SSSR count). The number of piperazine rings is 1. The van der Waals surface area contributed by atoms with Crippen LogP contribution in [0.25, 0.3) is 0 Å². The zero-order chi connectivity index (χ0) is 16.4. The Bertz CT molecular complexity index is 484. The first-order chi connectivity index (χ1) is 10.2. The van der Waals surface area contributed by atoms with Crippen molar-refractivity contribution in [2.75, 3.05) is 26.2 Å². The van der Waals surface area contributed by atoms with Crippen LogP contribution in [0.3, 0.4) is 0 Å². The summed E-state index contributed by atoms with van der Waals surface area (Å²) in [5.74, 6) is 0. The summed E-state index contributed by atoms with van der Waals surface area (Å²) >= 11 is 0. The zero-order valence-electron chi connectivity index (χ0n) is 12.5. The van der Waals surface area contributed by atoms with E-state index in [0.717, 1.165) is 24.3 Å². The standard InChI is InChI=1S/C14H16F6N2.2ClH/c15-13(16,17)9-12(22-7-5-21-6-8-22)10-1-3-11(4-2-10)14(18,19)20;;/h1-4,12,21H,5-9H2;2*1H/t12-;;/m0../s1. The predicted octanol–water partition coefficient (Wildman–Crippen LogP) is 4.45. The van der Waals surface area contributed by atoms with Crippen molar-refractivity contribution in [2.45, 2.75) is 24.8 Å². The molecule has 1 saturated heterocycles. The predicted molar refractivity (Wildman–Crippen MR) is 83.8 cm³/mol. The number of hydrogen-bond donors (Lipinski definition) is 1. The third-order valence-electron chi connectivity index (χ3n) is 3.64. The van der Waals surface area contributed by atoms with Gasteiger partial charge in [-0.1, -0.05) is 12.1 Å². The van der Waals surface area contributed by atoms with Gasteiger partial charge in [-0.15, -0.1) is 24.8 Å². The SMILES string of the molecule is Cl.Cl.FC(F)(F)C[C@@H](c1ccc(C(F)(F)F)cc1)N1CCNCC1. The van der Waals surface area contributed by atoms with Gasteiger partial charge < -0.3 is 5.32 Å². The summed E-state index contributed by atoms with van der Waals surface area (Å²) in [5.41, 5.74) is -0.602. The van der Waals surface area contributed by atoms with Crippen LogP contribution in [0.5, 0.6) is 0 Å². The molecule has 1 fully saturated rings. The molecule has 0 aliphatic carbocycles. The van der Waals surface area contributed by atoms with Gasteiger partial charge in [-0.25, -0.2) is 0 Å². The van der Waals surface area contributed by atoms with Crippen molar-refractivity contribution in [3.05, 3.63) is 35.4 Å². The highest BCUT2D eigenvalue weighted by Crippen LogP contribution is 2.36. The second-order valence-electron chi connectivity index (χ2n) is 5.24. The lowest BCUT2D eigenvalue weighted by molar-refractivity contribution is -0.149. The number of alkyl halides is 6. The summed E-state index contributed by atoms with van der Waals surface area (Å²) in [5, 5.41) is 3.04. The second-order valence-corrected chi connectivity index (χ2v) is 5.24. The van der Waals surface area contributed by atoms with Gasteiger partial charge >= 0.3 is 12.4 Å². The van der Waals surface area contributed by atoms with Crippen LogP contribution in [-0.4, -0.2) is 37.3 Å². The zero-order valence-corrected chi connectivity index (χ0v) is 14.1. The molecule has 1 aliphatic rings. The van der Waals surface area contributed by atoms with Gasteiger partial charge in [-0.3, -0.25) is 4.90 Å². The van der Waals surface area contributed by atoms with Crippen molar-refractivity contribution in [3.8, 4) is 0 Å². The number of hydrogen-bond acceptors (Lipinski definition) is 2. The number of rotatable bonds is 3. The molecule has 0 radical (unpaired) electrons. The van der Waals surface area contributed by atoms with Gasteiger partial charge in [-0.2, -0.15) is 26.3 Å². The third-order valence-corrected chi connectivity index (χ3v) is 3.64. The summed E-state index contributed by atoms with van der Waals surface area (Å²) in [6.07, 6.45) is -9.94. The Kier molecular flexibility index (Phi) is 8.86. The maximum Gasteiger partial charge on any atom is 0.416 e. The van der Waals surface area contributed by atoms with Gasteiger partial charge in [0.15, 0.2) is 0 Å². The molecular formula is C14H18Cl2F6N2. The topological polar surface area (TPSA) is 15.3 Å². The van der Waals surface area contributed by atoms with Crippen LogP contribution >= 0.6 is 24.8 Å². The number of nitrogens with zero attached hydrogens (tertiary/aromatic N) is 1. The smallest absolute Gasteiger partial charge is 0.314 e. The van der Waals surface area contributed by atoms with Crippen LogP contribution in [0.4, 0.5) is 26.3 Å². The minimum atomic E-state index is -4.49. The van der Waals surface area contributed by atoms with Crippen molar-refractivity contribution in [2.24, 2.45) is 0 Å². The molecule has 0 aromatic heterocycles. The Morgan fingerprint density at radius 3 is 1.83 bits per heavy atom. The van der Waals surface area contributed by atoms with Crippen LogP contribution in [-0.2, 0) is 6.18 Å². The first kappa shape index (κ1) is 23.3. The van der Waals surface area contributed by atoms with Gasteiger partial charge in [0.05, 0.1) is 12.0 Å². The quantitative estimate of drug-likeness (QED) is 0.756. The average Bonchev–Trinajstić information content (AvgIpc) is 2.44. The number of benzene rings is 1. The normalized spacial score (nSPS) is 17.6. The first-order valence-electron chi connectivity index (χ1n) is 6.85. The number of halogens is 8. The molecule has 1 atom stereocenters. The van der Waals surface area contributed by atoms with Gasteiger partial charge in [0.2, 0.25) is 0 Å². The average molecular weight is 399 g/mol. The maximum atomic E-state index is 12.8. The highest BCUT2D eigenvalue weighted by molar-refractivity contribution is 5.85. The molecular weight excluding hydrogens is 381 g/mol. The number of nitrogens with one attached hydrogen (secondary N) is 1.